The molecule has 1 atom stereocenters. The first kappa shape index (κ1) is 14.0. The van der Waals surface area contributed by atoms with Crippen molar-refractivity contribution >= 4 is 5.69 Å². The first-order valence-corrected chi connectivity index (χ1v) is 6.07. The molecule has 0 spiro atoms. The fraction of sp³-hybridized carbons (Fsp3) is 0.571. The molecule has 0 aromatic heterocycles. The van der Waals surface area contributed by atoms with E-state index in [1.54, 1.807) is 0 Å². The van der Waals surface area contributed by atoms with Gasteiger partial charge in [0.25, 0.3) is 0 Å². The number of rotatable bonds is 4. The van der Waals surface area contributed by atoms with Gasteiger partial charge in [-0.05, 0) is 29.5 Å². The van der Waals surface area contributed by atoms with Crippen molar-refractivity contribution in [3.8, 4) is 0 Å². The topological polar surface area (TPSA) is 58.3 Å². The molecule has 0 fully saturated rings. The minimum atomic E-state index is -0.489. The standard InChI is InChI=1S/C14H24N2O/c1-10-7-11(14(2,3)4)5-6-13(10)16-9-12(17)8-15/h5-7,12,16-17H,8-9,15H2,1-4H3. The molecule has 17 heavy (non-hydrogen) atoms. The van der Waals surface area contributed by atoms with Gasteiger partial charge in [-0.2, -0.15) is 0 Å². The summed E-state index contributed by atoms with van der Waals surface area (Å²) in [6.07, 6.45) is -0.489. The van der Waals surface area contributed by atoms with Crippen LogP contribution in [0, 0.1) is 6.92 Å². The maximum absolute atomic E-state index is 9.41. The Kier molecular flexibility index (Phi) is 4.54. The summed E-state index contributed by atoms with van der Waals surface area (Å²) in [5.74, 6) is 0. The van der Waals surface area contributed by atoms with E-state index in [0.717, 1.165) is 5.69 Å². The van der Waals surface area contributed by atoms with Gasteiger partial charge in [-0.1, -0.05) is 32.9 Å². The van der Waals surface area contributed by atoms with Crippen LogP contribution in [0.2, 0.25) is 0 Å². The maximum Gasteiger partial charge on any atom is 0.0834 e. The van der Waals surface area contributed by atoms with Crippen LogP contribution in [0.4, 0.5) is 5.69 Å². The second-order valence-corrected chi connectivity index (χ2v) is 5.55. The van der Waals surface area contributed by atoms with Gasteiger partial charge in [-0.15, -0.1) is 0 Å². The molecule has 0 saturated heterocycles. The van der Waals surface area contributed by atoms with Gasteiger partial charge in [-0.3, -0.25) is 0 Å². The highest BCUT2D eigenvalue weighted by Gasteiger charge is 2.14. The molecule has 0 bridgehead atoms. The Balaban J connectivity index is 2.77. The van der Waals surface area contributed by atoms with Gasteiger partial charge in [-0.25, -0.2) is 0 Å². The Morgan fingerprint density at radius 1 is 1.35 bits per heavy atom. The zero-order chi connectivity index (χ0) is 13.1. The average Bonchev–Trinajstić information content (AvgIpc) is 2.25. The molecular weight excluding hydrogens is 212 g/mol. The van der Waals surface area contributed by atoms with Crippen LogP contribution in [0.3, 0.4) is 0 Å². The van der Waals surface area contributed by atoms with Crippen molar-refractivity contribution in [2.24, 2.45) is 5.73 Å². The highest BCUT2D eigenvalue weighted by Crippen LogP contribution is 2.26. The third-order valence-corrected chi connectivity index (χ3v) is 2.89. The van der Waals surface area contributed by atoms with Crippen LogP contribution in [0.1, 0.15) is 31.9 Å². The Hall–Kier alpha value is -1.06. The summed E-state index contributed by atoms with van der Waals surface area (Å²) in [4.78, 5) is 0. The number of aryl methyl sites for hydroxylation is 1. The van der Waals surface area contributed by atoms with Gasteiger partial charge in [0.2, 0.25) is 0 Å². The fourth-order valence-corrected chi connectivity index (χ4v) is 1.64. The zero-order valence-corrected chi connectivity index (χ0v) is 11.2. The minimum Gasteiger partial charge on any atom is -0.390 e. The predicted molar refractivity (Wildman–Crippen MR) is 73.4 cm³/mol. The largest absolute Gasteiger partial charge is 0.390 e. The second kappa shape index (κ2) is 5.52. The van der Waals surface area contributed by atoms with Crippen LogP contribution in [0.25, 0.3) is 0 Å². The molecule has 1 aromatic carbocycles. The van der Waals surface area contributed by atoms with Gasteiger partial charge in [0, 0.05) is 18.8 Å². The number of aliphatic hydroxyl groups is 1. The van der Waals surface area contributed by atoms with Gasteiger partial charge in [0.05, 0.1) is 6.10 Å². The van der Waals surface area contributed by atoms with Crippen molar-refractivity contribution in [2.75, 3.05) is 18.4 Å². The minimum absolute atomic E-state index is 0.167. The molecule has 0 radical (unpaired) electrons. The van der Waals surface area contributed by atoms with Crippen molar-refractivity contribution in [3.63, 3.8) is 0 Å². The lowest BCUT2D eigenvalue weighted by Gasteiger charge is -2.21. The molecule has 0 aliphatic rings. The second-order valence-electron chi connectivity index (χ2n) is 5.55. The van der Waals surface area contributed by atoms with E-state index in [-0.39, 0.29) is 12.0 Å². The monoisotopic (exact) mass is 236 g/mol. The highest BCUT2D eigenvalue weighted by molar-refractivity contribution is 5.53. The molecule has 1 unspecified atom stereocenters. The van der Waals surface area contributed by atoms with E-state index in [0.29, 0.717) is 6.54 Å². The Labute approximate surface area is 104 Å². The summed E-state index contributed by atoms with van der Waals surface area (Å²) < 4.78 is 0. The molecule has 3 nitrogen and oxygen atoms in total. The summed E-state index contributed by atoms with van der Waals surface area (Å²) in [7, 11) is 0. The molecule has 3 heteroatoms. The smallest absolute Gasteiger partial charge is 0.0834 e. The molecule has 0 saturated carbocycles. The van der Waals surface area contributed by atoms with Gasteiger partial charge >= 0.3 is 0 Å². The molecule has 4 N–H and O–H groups in total. The number of anilines is 1. The number of hydrogen-bond donors (Lipinski definition) is 3. The first-order valence-electron chi connectivity index (χ1n) is 6.07. The molecule has 0 heterocycles. The van der Waals surface area contributed by atoms with Crippen molar-refractivity contribution in [2.45, 2.75) is 39.2 Å². The van der Waals surface area contributed by atoms with Crippen LogP contribution < -0.4 is 11.1 Å². The first-order chi connectivity index (χ1) is 7.84. The number of nitrogens with one attached hydrogen (secondary N) is 1. The van der Waals surface area contributed by atoms with E-state index in [4.69, 9.17) is 5.73 Å². The van der Waals surface area contributed by atoms with Crippen LogP contribution in [-0.2, 0) is 5.41 Å². The van der Waals surface area contributed by atoms with Crippen LogP contribution in [-0.4, -0.2) is 24.3 Å². The normalized spacial score (nSPS) is 13.5. The summed E-state index contributed by atoms with van der Waals surface area (Å²) in [6, 6.07) is 6.39. The number of benzene rings is 1. The lowest BCUT2D eigenvalue weighted by Crippen LogP contribution is -2.28. The molecule has 0 aliphatic heterocycles. The van der Waals surface area contributed by atoms with Crippen LogP contribution >= 0.6 is 0 Å². The average molecular weight is 236 g/mol. The van der Waals surface area contributed by atoms with Crippen LogP contribution in [0.5, 0.6) is 0 Å². The van der Waals surface area contributed by atoms with E-state index in [9.17, 15) is 5.11 Å². The van der Waals surface area contributed by atoms with Gasteiger partial charge < -0.3 is 16.2 Å². The highest BCUT2D eigenvalue weighted by atomic mass is 16.3. The Morgan fingerprint density at radius 3 is 2.47 bits per heavy atom. The van der Waals surface area contributed by atoms with Crippen molar-refractivity contribution in [3.05, 3.63) is 29.3 Å². The number of aliphatic hydroxyl groups excluding tert-OH is 1. The van der Waals surface area contributed by atoms with E-state index in [1.807, 2.05) is 0 Å². The van der Waals surface area contributed by atoms with Crippen LogP contribution in [0.15, 0.2) is 18.2 Å². The van der Waals surface area contributed by atoms with E-state index in [2.05, 4.69) is 51.2 Å². The third-order valence-electron chi connectivity index (χ3n) is 2.89. The Bertz CT molecular complexity index is 369. The predicted octanol–water partition coefficient (Wildman–Crippen LogP) is 2.02. The summed E-state index contributed by atoms with van der Waals surface area (Å²) in [5, 5.41) is 12.6. The maximum atomic E-state index is 9.41. The van der Waals surface area contributed by atoms with E-state index in [1.165, 1.54) is 11.1 Å². The van der Waals surface area contributed by atoms with E-state index < -0.39 is 6.10 Å². The number of nitrogens with two attached hydrogens (primary N) is 1. The van der Waals surface area contributed by atoms with Crippen molar-refractivity contribution in [1.82, 2.24) is 0 Å². The van der Waals surface area contributed by atoms with Gasteiger partial charge in [0.15, 0.2) is 0 Å². The quantitative estimate of drug-likeness (QED) is 0.749. The van der Waals surface area contributed by atoms with Crippen molar-refractivity contribution in [1.29, 1.82) is 0 Å². The van der Waals surface area contributed by atoms with Crippen molar-refractivity contribution < 1.29 is 5.11 Å². The van der Waals surface area contributed by atoms with Gasteiger partial charge in [0.1, 0.15) is 0 Å². The summed E-state index contributed by atoms with van der Waals surface area (Å²) >= 11 is 0. The molecule has 0 aliphatic carbocycles. The number of hydrogen-bond acceptors (Lipinski definition) is 3. The third kappa shape index (κ3) is 4.02. The molecule has 1 aromatic rings. The summed E-state index contributed by atoms with van der Waals surface area (Å²) in [5.41, 5.74) is 9.11. The lowest BCUT2D eigenvalue weighted by molar-refractivity contribution is 0.196. The van der Waals surface area contributed by atoms with E-state index >= 15 is 0 Å². The SMILES string of the molecule is Cc1cc(C(C)(C)C)ccc1NCC(O)CN. The molecule has 96 valence electrons. The molecule has 0 amide bonds. The Morgan fingerprint density at radius 2 is 2.00 bits per heavy atom. The molecular formula is C14H24N2O. The summed E-state index contributed by atoms with van der Waals surface area (Å²) in [6.45, 7) is 9.46. The zero-order valence-electron chi connectivity index (χ0n) is 11.2. The lowest BCUT2D eigenvalue weighted by atomic mass is 9.86. The fourth-order valence-electron chi connectivity index (χ4n) is 1.64. The molecule has 1 rings (SSSR count).